The van der Waals surface area contributed by atoms with Gasteiger partial charge in [-0.15, -0.1) is 0 Å². The van der Waals surface area contributed by atoms with Crippen molar-refractivity contribution in [1.82, 2.24) is 14.6 Å². The van der Waals surface area contributed by atoms with Gasteiger partial charge in [0.25, 0.3) is 11.5 Å². The number of amides is 1. The first kappa shape index (κ1) is 25.8. The molecule has 1 atom stereocenters. The lowest BCUT2D eigenvalue weighted by Gasteiger charge is -2.26. The lowest BCUT2D eigenvalue weighted by Crippen LogP contribution is -2.43. The van der Waals surface area contributed by atoms with E-state index >= 15 is 0 Å². The molecule has 0 aliphatic carbocycles. The molecule has 8 nitrogen and oxygen atoms in total. The van der Waals surface area contributed by atoms with Crippen LogP contribution in [0.25, 0.3) is 10.9 Å². The van der Waals surface area contributed by atoms with Crippen LogP contribution in [0.2, 0.25) is 0 Å². The minimum absolute atomic E-state index is 0.0184. The Bertz CT molecular complexity index is 1320. The second-order valence-electron chi connectivity index (χ2n) is 8.27. The fraction of sp³-hybridized carbons (Fsp3) is 0.360. The topological polar surface area (TPSA) is 86.0 Å². The highest BCUT2D eigenvalue weighted by Crippen LogP contribution is 2.23. The van der Waals surface area contributed by atoms with Crippen molar-refractivity contribution in [3.05, 3.63) is 66.2 Å². The predicted octanol–water partition coefficient (Wildman–Crippen LogP) is 4.40. The van der Waals surface area contributed by atoms with Crippen LogP contribution in [0.3, 0.4) is 0 Å². The molecule has 1 amide bonds. The van der Waals surface area contributed by atoms with E-state index in [2.05, 4.69) is 50.5 Å². The molecule has 2 aromatic carbocycles. The molecule has 3 aromatic rings. The average molecular weight is 653 g/mol. The zero-order chi connectivity index (χ0) is 24.9. The van der Waals surface area contributed by atoms with E-state index in [1.165, 1.54) is 4.68 Å². The Morgan fingerprint density at radius 1 is 1.29 bits per heavy atom. The third-order valence-electron chi connectivity index (χ3n) is 5.88. The Kier molecular flexibility index (Phi) is 8.55. The SMILES string of the molecule is CC[C@H](C)c1nc2ccc(Br)cc2c(=O)n1N=Cc1ccc(OCC(=O)N2CCOCC2)c(I)c1. The summed E-state index contributed by atoms with van der Waals surface area (Å²) in [6.07, 6.45) is 2.47. The molecule has 2 heterocycles. The second-order valence-corrected chi connectivity index (χ2v) is 10.4. The van der Waals surface area contributed by atoms with Crippen molar-refractivity contribution < 1.29 is 14.3 Å². The van der Waals surface area contributed by atoms with Crippen molar-refractivity contribution in [3.63, 3.8) is 0 Å². The number of carbonyl (C=O) groups is 1. The second kappa shape index (κ2) is 11.6. The molecule has 0 N–H and O–H groups in total. The largest absolute Gasteiger partial charge is 0.483 e. The lowest BCUT2D eigenvalue weighted by atomic mass is 10.1. The molecule has 4 rings (SSSR count). The van der Waals surface area contributed by atoms with Crippen LogP contribution >= 0.6 is 38.5 Å². The molecule has 0 bridgehead atoms. The minimum Gasteiger partial charge on any atom is -0.483 e. The highest BCUT2D eigenvalue weighted by Gasteiger charge is 2.18. The van der Waals surface area contributed by atoms with E-state index in [0.29, 0.717) is 48.8 Å². The molecule has 1 aliphatic rings. The van der Waals surface area contributed by atoms with Crippen LogP contribution in [0.1, 0.15) is 37.6 Å². The third-order valence-corrected chi connectivity index (χ3v) is 7.22. The molecule has 1 aliphatic heterocycles. The number of hydrogen-bond acceptors (Lipinski definition) is 6. The highest BCUT2D eigenvalue weighted by atomic mass is 127. The van der Waals surface area contributed by atoms with E-state index in [4.69, 9.17) is 14.5 Å². The summed E-state index contributed by atoms with van der Waals surface area (Å²) < 4.78 is 14.1. The number of benzene rings is 2. The lowest BCUT2D eigenvalue weighted by molar-refractivity contribution is -0.137. The van der Waals surface area contributed by atoms with Gasteiger partial charge in [-0.25, -0.2) is 4.98 Å². The molecule has 0 saturated carbocycles. The molecule has 1 fully saturated rings. The first-order valence-corrected chi connectivity index (χ1v) is 13.3. The van der Waals surface area contributed by atoms with Crippen LogP contribution in [-0.2, 0) is 9.53 Å². The zero-order valence-corrected chi connectivity index (χ0v) is 23.3. The van der Waals surface area contributed by atoms with Crippen molar-refractivity contribution >= 4 is 61.5 Å². The van der Waals surface area contributed by atoms with Gasteiger partial charge in [0, 0.05) is 23.5 Å². The molecule has 0 radical (unpaired) electrons. The third kappa shape index (κ3) is 6.10. The fourth-order valence-electron chi connectivity index (χ4n) is 3.66. The molecule has 0 unspecified atom stereocenters. The van der Waals surface area contributed by atoms with Gasteiger partial charge in [0.2, 0.25) is 0 Å². The van der Waals surface area contributed by atoms with E-state index < -0.39 is 0 Å². The predicted molar refractivity (Wildman–Crippen MR) is 147 cm³/mol. The van der Waals surface area contributed by atoms with Gasteiger partial charge in [0.15, 0.2) is 6.61 Å². The van der Waals surface area contributed by atoms with Crippen LogP contribution in [0.15, 0.2) is 50.8 Å². The van der Waals surface area contributed by atoms with E-state index in [1.807, 2.05) is 37.3 Å². The molecule has 1 saturated heterocycles. The van der Waals surface area contributed by atoms with Gasteiger partial charge in [-0.1, -0.05) is 29.8 Å². The minimum atomic E-state index is -0.209. The van der Waals surface area contributed by atoms with E-state index in [0.717, 1.165) is 20.0 Å². The average Bonchev–Trinajstić information content (AvgIpc) is 2.87. The number of ether oxygens (including phenoxy) is 2. The number of hydrogen-bond donors (Lipinski definition) is 0. The van der Waals surface area contributed by atoms with Crippen molar-refractivity contribution in [3.8, 4) is 5.75 Å². The van der Waals surface area contributed by atoms with Gasteiger partial charge in [0.05, 0.1) is 33.9 Å². The van der Waals surface area contributed by atoms with Crippen molar-refractivity contribution in [1.29, 1.82) is 0 Å². The van der Waals surface area contributed by atoms with Gasteiger partial charge in [-0.2, -0.15) is 9.78 Å². The molecule has 1 aromatic heterocycles. The monoisotopic (exact) mass is 652 g/mol. The molecule has 184 valence electrons. The summed E-state index contributed by atoms with van der Waals surface area (Å²) in [5, 5.41) is 5.02. The van der Waals surface area contributed by atoms with Crippen LogP contribution in [0.5, 0.6) is 5.75 Å². The summed E-state index contributed by atoms with van der Waals surface area (Å²) in [7, 11) is 0. The van der Waals surface area contributed by atoms with Crippen LogP contribution < -0.4 is 10.3 Å². The van der Waals surface area contributed by atoms with Crippen molar-refractivity contribution in [2.75, 3.05) is 32.9 Å². The fourth-order valence-corrected chi connectivity index (χ4v) is 4.72. The molecule has 0 spiro atoms. The maximum Gasteiger partial charge on any atom is 0.282 e. The van der Waals surface area contributed by atoms with E-state index in [9.17, 15) is 9.59 Å². The maximum atomic E-state index is 13.3. The maximum absolute atomic E-state index is 13.3. The molecular formula is C25H26BrIN4O4. The molecule has 10 heteroatoms. The smallest absolute Gasteiger partial charge is 0.282 e. The summed E-state index contributed by atoms with van der Waals surface area (Å²) in [5.41, 5.74) is 1.25. The summed E-state index contributed by atoms with van der Waals surface area (Å²) in [4.78, 5) is 32.1. The number of rotatable bonds is 7. The van der Waals surface area contributed by atoms with Gasteiger partial charge < -0.3 is 14.4 Å². The Balaban J connectivity index is 1.56. The van der Waals surface area contributed by atoms with Gasteiger partial charge in [0.1, 0.15) is 11.6 Å². The Morgan fingerprint density at radius 2 is 2.06 bits per heavy atom. The van der Waals surface area contributed by atoms with Crippen LogP contribution in [-0.4, -0.2) is 59.6 Å². The Hall–Kier alpha value is -2.31. The summed E-state index contributed by atoms with van der Waals surface area (Å²) in [6.45, 7) is 6.37. The number of morpholine rings is 1. The first-order valence-electron chi connectivity index (χ1n) is 11.4. The molecule has 35 heavy (non-hydrogen) atoms. The summed E-state index contributed by atoms with van der Waals surface area (Å²) >= 11 is 5.60. The summed E-state index contributed by atoms with van der Waals surface area (Å²) in [5.74, 6) is 1.26. The Morgan fingerprint density at radius 3 is 2.77 bits per heavy atom. The number of fused-ring (bicyclic) bond motifs is 1. The van der Waals surface area contributed by atoms with E-state index in [1.54, 1.807) is 17.2 Å². The first-order chi connectivity index (χ1) is 16.9. The highest BCUT2D eigenvalue weighted by molar-refractivity contribution is 14.1. The Labute approximate surface area is 225 Å². The number of carbonyl (C=O) groups excluding carboxylic acids is 1. The van der Waals surface area contributed by atoms with Crippen molar-refractivity contribution in [2.45, 2.75) is 26.2 Å². The number of halogens is 2. The summed E-state index contributed by atoms with van der Waals surface area (Å²) in [6, 6.07) is 11.0. The van der Waals surface area contributed by atoms with Crippen LogP contribution in [0, 0.1) is 3.57 Å². The van der Waals surface area contributed by atoms with Gasteiger partial charge >= 0.3 is 0 Å². The van der Waals surface area contributed by atoms with Gasteiger partial charge in [-0.3, -0.25) is 9.59 Å². The zero-order valence-electron chi connectivity index (χ0n) is 19.5. The van der Waals surface area contributed by atoms with E-state index in [-0.39, 0.29) is 24.0 Å². The quantitative estimate of drug-likeness (QED) is 0.279. The number of aromatic nitrogens is 2. The van der Waals surface area contributed by atoms with Crippen LogP contribution in [0.4, 0.5) is 0 Å². The standard InChI is InChI=1S/C25H26BrIN4O4/c1-3-16(2)24-29-21-6-5-18(26)13-19(21)25(33)31(24)28-14-17-4-7-22(20(27)12-17)35-15-23(32)30-8-10-34-11-9-30/h4-7,12-14,16H,3,8-11,15H2,1-2H3/t16-/m0/s1. The normalized spacial score (nSPS) is 15.0. The number of nitrogens with zero attached hydrogens (tertiary/aromatic N) is 4. The van der Waals surface area contributed by atoms with Crippen molar-refractivity contribution in [2.24, 2.45) is 5.10 Å². The van der Waals surface area contributed by atoms with Gasteiger partial charge in [-0.05, 0) is 71.0 Å². The molecular weight excluding hydrogens is 627 g/mol.